The summed E-state index contributed by atoms with van der Waals surface area (Å²) >= 11 is 0. The van der Waals surface area contributed by atoms with E-state index in [1.54, 1.807) is 31.5 Å². The van der Waals surface area contributed by atoms with Crippen molar-refractivity contribution in [3.05, 3.63) is 54.2 Å². The first-order valence-electron chi connectivity index (χ1n) is 8.14. The van der Waals surface area contributed by atoms with Crippen molar-refractivity contribution >= 4 is 20.9 Å². The average molecular weight is 374 g/mol. The lowest BCUT2D eigenvalue weighted by Crippen LogP contribution is -2.34. The van der Waals surface area contributed by atoms with Crippen molar-refractivity contribution in [2.75, 3.05) is 27.7 Å². The number of rotatable bonds is 7. The van der Waals surface area contributed by atoms with Crippen molar-refractivity contribution in [2.45, 2.75) is 10.9 Å². The zero-order chi connectivity index (χ0) is 18.7. The number of aromatic nitrogens is 2. The van der Waals surface area contributed by atoms with E-state index in [4.69, 9.17) is 4.74 Å². The van der Waals surface area contributed by atoms with E-state index >= 15 is 0 Å². The maximum absolute atomic E-state index is 12.7. The van der Waals surface area contributed by atoms with Crippen molar-refractivity contribution in [2.24, 2.45) is 0 Å². The Balaban J connectivity index is 1.81. The van der Waals surface area contributed by atoms with Crippen molar-refractivity contribution in [1.82, 2.24) is 19.8 Å². The highest BCUT2D eigenvalue weighted by Gasteiger charge is 2.20. The summed E-state index contributed by atoms with van der Waals surface area (Å²) in [4.78, 5) is 2.17. The van der Waals surface area contributed by atoms with Gasteiger partial charge < -0.3 is 9.64 Å². The molecule has 0 aliphatic heterocycles. The minimum Gasteiger partial charge on any atom is -0.497 e. The third-order valence-electron chi connectivity index (χ3n) is 4.29. The third kappa shape index (κ3) is 3.87. The summed E-state index contributed by atoms with van der Waals surface area (Å²) < 4.78 is 33.4. The number of H-pyrrole nitrogens is 1. The number of likely N-dealkylation sites (N-methyl/N-ethyl adjacent to an activating group) is 1. The summed E-state index contributed by atoms with van der Waals surface area (Å²) in [5.41, 5.74) is 1.66. The predicted molar refractivity (Wildman–Crippen MR) is 101 cm³/mol. The van der Waals surface area contributed by atoms with Crippen LogP contribution in [0.1, 0.15) is 11.6 Å². The number of methoxy groups -OCH3 is 1. The Hall–Kier alpha value is -2.42. The van der Waals surface area contributed by atoms with E-state index in [9.17, 15) is 8.42 Å². The average Bonchev–Trinajstić information content (AvgIpc) is 3.09. The van der Waals surface area contributed by atoms with Crippen LogP contribution >= 0.6 is 0 Å². The first-order valence-corrected chi connectivity index (χ1v) is 9.62. The number of sulfonamides is 1. The fourth-order valence-electron chi connectivity index (χ4n) is 2.80. The van der Waals surface area contributed by atoms with Crippen LogP contribution in [0.2, 0.25) is 0 Å². The Labute approximate surface area is 153 Å². The molecule has 0 radical (unpaired) electrons. The molecule has 2 N–H and O–H groups in total. The molecular formula is C18H22N4O3S. The van der Waals surface area contributed by atoms with E-state index in [0.29, 0.717) is 5.52 Å². The van der Waals surface area contributed by atoms with Gasteiger partial charge in [0.1, 0.15) is 5.75 Å². The summed E-state index contributed by atoms with van der Waals surface area (Å²) in [5, 5.41) is 7.58. The van der Waals surface area contributed by atoms with Gasteiger partial charge in [-0.3, -0.25) is 5.10 Å². The molecule has 7 nitrogen and oxygen atoms in total. The molecule has 26 heavy (non-hydrogen) atoms. The van der Waals surface area contributed by atoms with Gasteiger partial charge in [-0.15, -0.1) is 0 Å². The largest absolute Gasteiger partial charge is 0.497 e. The molecule has 3 rings (SSSR count). The molecule has 0 amide bonds. The Bertz CT molecular complexity index is 998. The lowest BCUT2D eigenvalue weighted by atomic mass is 10.1. The summed E-state index contributed by atoms with van der Waals surface area (Å²) in [5.74, 6) is 0.738. The van der Waals surface area contributed by atoms with Crippen LogP contribution in [0.25, 0.3) is 10.9 Å². The monoisotopic (exact) mass is 374 g/mol. The van der Waals surface area contributed by atoms with Crippen LogP contribution in [0.3, 0.4) is 0 Å². The lowest BCUT2D eigenvalue weighted by molar-refractivity contribution is 0.298. The highest BCUT2D eigenvalue weighted by atomic mass is 32.2. The van der Waals surface area contributed by atoms with Gasteiger partial charge in [-0.2, -0.15) is 5.10 Å². The molecule has 8 heteroatoms. The minimum atomic E-state index is -3.64. The number of nitrogens with zero attached hydrogens (tertiary/aromatic N) is 2. The number of nitrogens with one attached hydrogen (secondary N) is 2. The molecule has 0 fully saturated rings. The van der Waals surface area contributed by atoms with Crippen LogP contribution < -0.4 is 9.46 Å². The van der Waals surface area contributed by atoms with E-state index in [2.05, 4.69) is 14.9 Å². The number of hydrogen-bond donors (Lipinski definition) is 2. The summed E-state index contributed by atoms with van der Waals surface area (Å²) in [7, 11) is 1.80. The van der Waals surface area contributed by atoms with Crippen LogP contribution in [-0.4, -0.2) is 51.3 Å². The Kier molecular flexibility index (Phi) is 5.26. The first-order chi connectivity index (χ1) is 12.4. The molecule has 1 unspecified atom stereocenters. The second-order valence-corrected chi connectivity index (χ2v) is 7.99. The van der Waals surface area contributed by atoms with Gasteiger partial charge in [0, 0.05) is 18.0 Å². The predicted octanol–water partition coefficient (Wildman–Crippen LogP) is 2.15. The van der Waals surface area contributed by atoms with Crippen LogP contribution in [0.5, 0.6) is 5.75 Å². The van der Waals surface area contributed by atoms with Crippen molar-refractivity contribution in [1.29, 1.82) is 0 Å². The fraction of sp³-hybridized carbons (Fsp3) is 0.278. The third-order valence-corrected chi connectivity index (χ3v) is 5.71. The van der Waals surface area contributed by atoms with Crippen LogP contribution in [0, 0.1) is 0 Å². The van der Waals surface area contributed by atoms with Gasteiger partial charge in [-0.1, -0.05) is 12.1 Å². The molecule has 2 aromatic carbocycles. The number of hydrogen-bond acceptors (Lipinski definition) is 5. The summed E-state index contributed by atoms with van der Waals surface area (Å²) in [6.45, 7) is 0.240. The van der Waals surface area contributed by atoms with Crippen LogP contribution in [0.15, 0.2) is 53.6 Å². The molecular weight excluding hydrogens is 352 g/mol. The molecule has 0 spiro atoms. The quantitative estimate of drug-likeness (QED) is 0.662. The highest BCUT2D eigenvalue weighted by molar-refractivity contribution is 7.89. The first kappa shape index (κ1) is 18.4. The van der Waals surface area contributed by atoms with E-state index in [1.807, 2.05) is 43.3 Å². The van der Waals surface area contributed by atoms with Crippen molar-refractivity contribution < 1.29 is 13.2 Å². The van der Waals surface area contributed by atoms with Gasteiger partial charge in [0.2, 0.25) is 10.0 Å². The second kappa shape index (κ2) is 7.45. The lowest BCUT2D eigenvalue weighted by Gasteiger charge is -2.25. The Morgan fingerprint density at radius 2 is 2.04 bits per heavy atom. The Morgan fingerprint density at radius 3 is 2.77 bits per heavy atom. The number of fused-ring (bicyclic) bond motifs is 1. The summed E-state index contributed by atoms with van der Waals surface area (Å²) in [6.07, 6.45) is 1.66. The molecule has 0 aliphatic rings. The number of benzene rings is 2. The highest BCUT2D eigenvalue weighted by Crippen LogP contribution is 2.23. The van der Waals surface area contributed by atoms with Gasteiger partial charge in [0.15, 0.2) is 0 Å². The van der Waals surface area contributed by atoms with Gasteiger partial charge in [0.25, 0.3) is 0 Å². The van der Waals surface area contributed by atoms with E-state index in [-0.39, 0.29) is 17.5 Å². The van der Waals surface area contributed by atoms with Crippen molar-refractivity contribution in [3.8, 4) is 5.75 Å². The number of ether oxygens (including phenoxy) is 1. The smallest absolute Gasteiger partial charge is 0.240 e. The number of aromatic amines is 1. The van der Waals surface area contributed by atoms with E-state index < -0.39 is 10.0 Å². The molecule has 138 valence electrons. The minimum absolute atomic E-state index is 0.129. The molecule has 1 heterocycles. The molecule has 1 aromatic heterocycles. The van der Waals surface area contributed by atoms with Gasteiger partial charge in [-0.05, 0) is 50.0 Å². The molecule has 1 atom stereocenters. The van der Waals surface area contributed by atoms with Gasteiger partial charge in [-0.25, -0.2) is 13.1 Å². The van der Waals surface area contributed by atoms with Crippen molar-refractivity contribution in [3.63, 3.8) is 0 Å². The zero-order valence-corrected chi connectivity index (χ0v) is 15.7. The fourth-order valence-corrected chi connectivity index (χ4v) is 3.87. The zero-order valence-electron chi connectivity index (χ0n) is 14.9. The molecule has 0 saturated carbocycles. The van der Waals surface area contributed by atoms with E-state index in [0.717, 1.165) is 16.7 Å². The molecule has 0 saturated heterocycles. The summed E-state index contributed by atoms with van der Waals surface area (Å²) in [6, 6.07) is 12.4. The van der Waals surface area contributed by atoms with Crippen LogP contribution in [-0.2, 0) is 10.0 Å². The van der Waals surface area contributed by atoms with Gasteiger partial charge >= 0.3 is 0 Å². The maximum Gasteiger partial charge on any atom is 0.240 e. The van der Waals surface area contributed by atoms with E-state index in [1.165, 1.54) is 0 Å². The maximum atomic E-state index is 12.7. The molecule has 0 bridgehead atoms. The Morgan fingerprint density at radius 1 is 1.23 bits per heavy atom. The standard InChI is InChI=1S/C18H22N4O3S/c1-22(2)18(13-5-4-6-15(9-13)25-3)12-20-26(23,24)16-8-7-14-11-19-21-17(14)10-16/h4-11,18,20H,12H2,1-3H3,(H,19,21). The van der Waals surface area contributed by atoms with Crippen LogP contribution in [0.4, 0.5) is 0 Å². The molecule has 3 aromatic rings. The van der Waals surface area contributed by atoms with Gasteiger partial charge in [0.05, 0.1) is 23.7 Å². The SMILES string of the molecule is COc1cccc(C(CNS(=O)(=O)c2ccc3cn[nH]c3c2)N(C)C)c1. The topological polar surface area (TPSA) is 87.3 Å². The molecule has 0 aliphatic carbocycles. The second-order valence-electron chi connectivity index (χ2n) is 6.23. The normalized spacial score (nSPS) is 13.2.